The topological polar surface area (TPSA) is 41.5 Å². The molecule has 0 fully saturated rings. The highest BCUT2D eigenvalue weighted by Gasteiger charge is 2.21. The third kappa shape index (κ3) is 3.25. The second kappa shape index (κ2) is 6.55. The summed E-state index contributed by atoms with van der Waals surface area (Å²) in [6.07, 6.45) is 3.01. The number of fused-ring (bicyclic) bond motifs is 1. The van der Waals surface area contributed by atoms with Crippen LogP contribution in [0.3, 0.4) is 0 Å². The Bertz CT molecular complexity index is 393. The fraction of sp³-hybridized carbons (Fsp3) is 0.571. The van der Waals surface area contributed by atoms with Crippen molar-refractivity contribution in [1.29, 1.82) is 0 Å². The van der Waals surface area contributed by atoms with E-state index >= 15 is 0 Å². The second-order valence-electron chi connectivity index (χ2n) is 4.68. The molecule has 0 bridgehead atoms. The van der Waals surface area contributed by atoms with Crippen LogP contribution >= 0.6 is 15.9 Å². The fourth-order valence-electron chi connectivity index (χ4n) is 2.30. The van der Waals surface area contributed by atoms with E-state index in [4.69, 9.17) is 4.74 Å². The van der Waals surface area contributed by atoms with Crippen LogP contribution in [-0.4, -0.2) is 24.4 Å². The van der Waals surface area contributed by atoms with E-state index in [1.807, 2.05) is 12.1 Å². The quantitative estimate of drug-likeness (QED) is 0.897. The number of benzene rings is 1. The Hall–Kier alpha value is -0.580. The lowest BCUT2D eigenvalue weighted by Gasteiger charge is -2.23. The molecule has 1 heterocycles. The summed E-state index contributed by atoms with van der Waals surface area (Å²) in [4.78, 5) is 0. The summed E-state index contributed by atoms with van der Waals surface area (Å²) in [6, 6.07) is 6.60. The molecular weight excluding hydrogens is 294 g/mol. The van der Waals surface area contributed by atoms with E-state index in [-0.39, 0.29) is 18.7 Å². The zero-order valence-corrected chi connectivity index (χ0v) is 12.2. The number of ether oxygens (including phenoxy) is 1. The van der Waals surface area contributed by atoms with Crippen LogP contribution in [0.15, 0.2) is 22.7 Å². The molecular formula is C14H20BrNO2. The number of nitrogens with one attached hydrogen (secondary N) is 1. The van der Waals surface area contributed by atoms with E-state index in [2.05, 4.69) is 34.2 Å². The summed E-state index contributed by atoms with van der Waals surface area (Å²) in [5.41, 5.74) is 1.20. The standard InChI is InChI=1S/C14H20BrNO2/c1-2-11(9-17)16-13-4-3-7-18-14-8-10(15)5-6-12(13)14/h5-6,8,11,13,16-17H,2-4,7,9H2,1H3/t11-,13?/m1/s1. The lowest BCUT2D eigenvalue weighted by atomic mass is 10.0. The predicted molar refractivity (Wildman–Crippen MR) is 75.9 cm³/mol. The van der Waals surface area contributed by atoms with Crippen molar-refractivity contribution in [2.45, 2.75) is 38.3 Å². The molecule has 1 aliphatic rings. The molecule has 0 aromatic heterocycles. The van der Waals surface area contributed by atoms with Gasteiger partial charge in [0.25, 0.3) is 0 Å². The van der Waals surface area contributed by atoms with Gasteiger partial charge in [0.15, 0.2) is 0 Å². The van der Waals surface area contributed by atoms with Crippen LogP contribution in [0.25, 0.3) is 0 Å². The van der Waals surface area contributed by atoms with Crippen molar-refractivity contribution in [2.75, 3.05) is 13.2 Å². The summed E-state index contributed by atoms with van der Waals surface area (Å²) < 4.78 is 6.81. The Morgan fingerprint density at radius 2 is 2.39 bits per heavy atom. The van der Waals surface area contributed by atoms with E-state index in [0.29, 0.717) is 0 Å². The summed E-state index contributed by atoms with van der Waals surface area (Å²) in [6.45, 7) is 3.03. The van der Waals surface area contributed by atoms with Crippen LogP contribution < -0.4 is 10.1 Å². The van der Waals surface area contributed by atoms with Crippen LogP contribution in [0.1, 0.15) is 37.8 Å². The Kier molecular flexibility index (Phi) is 5.03. The minimum absolute atomic E-state index is 0.157. The molecule has 4 heteroatoms. The molecule has 2 atom stereocenters. The molecule has 0 aliphatic carbocycles. The van der Waals surface area contributed by atoms with E-state index in [1.54, 1.807) is 0 Å². The molecule has 0 saturated heterocycles. The van der Waals surface area contributed by atoms with Crippen molar-refractivity contribution >= 4 is 15.9 Å². The lowest BCUT2D eigenvalue weighted by Crippen LogP contribution is -2.35. The Morgan fingerprint density at radius 3 is 3.11 bits per heavy atom. The Balaban J connectivity index is 2.21. The maximum atomic E-state index is 9.32. The van der Waals surface area contributed by atoms with Gasteiger partial charge in [-0.3, -0.25) is 0 Å². The number of halogens is 1. The Labute approximate surface area is 117 Å². The first kappa shape index (κ1) is 13.8. The fourth-order valence-corrected chi connectivity index (χ4v) is 2.64. The summed E-state index contributed by atoms with van der Waals surface area (Å²) >= 11 is 3.47. The van der Waals surface area contributed by atoms with E-state index < -0.39 is 0 Å². The highest BCUT2D eigenvalue weighted by molar-refractivity contribution is 9.10. The van der Waals surface area contributed by atoms with Gasteiger partial charge in [-0.05, 0) is 31.4 Å². The van der Waals surface area contributed by atoms with Gasteiger partial charge >= 0.3 is 0 Å². The van der Waals surface area contributed by atoms with Crippen molar-refractivity contribution in [3.8, 4) is 5.75 Å². The third-order valence-corrected chi connectivity index (χ3v) is 3.89. The van der Waals surface area contributed by atoms with Crippen LogP contribution in [0.4, 0.5) is 0 Å². The van der Waals surface area contributed by atoms with Gasteiger partial charge in [0.2, 0.25) is 0 Å². The van der Waals surface area contributed by atoms with Gasteiger partial charge in [-0.2, -0.15) is 0 Å². The van der Waals surface area contributed by atoms with Crippen molar-refractivity contribution in [3.05, 3.63) is 28.2 Å². The van der Waals surface area contributed by atoms with Crippen LogP contribution in [0.2, 0.25) is 0 Å². The molecule has 1 aliphatic heterocycles. The zero-order valence-electron chi connectivity index (χ0n) is 10.7. The number of hydrogen-bond donors (Lipinski definition) is 2. The van der Waals surface area contributed by atoms with Crippen molar-refractivity contribution < 1.29 is 9.84 Å². The normalized spacial score (nSPS) is 20.7. The monoisotopic (exact) mass is 313 g/mol. The third-order valence-electron chi connectivity index (χ3n) is 3.40. The van der Waals surface area contributed by atoms with Gasteiger partial charge in [-0.15, -0.1) is 0 Å². The zero-order chi connectivity index (χ0) is 13.0. The lowest BCUT2D eigenvalue weighted by molar-refractivity contribution is 0.225. The largest absolute Gasteiger partial charge is 0.493 e. The average Bonchev–Trinajstić information content (AvgIpc) is 2.57. The van der Waals surface area contributed by atoms with Crippen molar-refractivity contribution in [3.63, 3.8) is 0 Å². The summed E-state index contributed by atoms with van der Waals surface area (Å²) in [5.74, 6) is 0.951. The van der Waals surface area contributed by atoms with Gasteiger partial charge in [0.1, 0.15) is 5.75 Å². The molecule has 1 aromatic carbocycles. The molecule has 100 valence electrons. The van der Waals surface area contributed by atoms with Crippen LogP contribution in [0, 0.1) is 0 Å². The maximum Gasteiger partial charge on any atom is 0.125 e. The number of rotatable bonds is 4. The predicted octanol–water partition coefficient (Wildman–Crippen LogP) is 3.02. The first-order chi connectivity index (χ1) is 8.74. The van der Waals surface area contributed by atoms with E-state index in [1.165, 1.54) is 5.56 Å². The van der Waals surface area contributed by atoms with E-state index in [0.717, 1.165) is 36.1 Å². The highest BCUT2D eigenvalue weighted by Crippen LogP contribution is 2.34. The Morgan fingerprint density at radius 1 is 1.56 bits per heavy atom. The maximum absolute atomic E-state index is 9.32. The smallest absolute Gasteiger partial charge is 0.125 e. The molecule has 0 saturated carbocycles. The molecule has 1 aromatic rings. The molecule has 0 spiro atoms. The first-order valence-corrected chi connectivity index (χ1v) is 7.33. The average molecular weight is 314 g/mol. The molecule has 18 heavy (non-hydrogen) atoms. The van der Waals surface area contributed by atoms with Gasteiger partial charge in [-0.25, -0.2) is 0 Å². The van der Waals surface area contributed by atoms with Gasteiger partial charge < -0.3 is 15.2 Å². The molecule has 0 amide bonds. The molecule has 2 rings (SSSR count). The van der Waals surface area contributed by atoms with Crippen molar-refractivity contribution in [1.82, 2.24) is 5.32 Å². The number of aliphatic hydroxyl groups is 1. The van der Waals surface area contributed by atoms with Gasteiger partial charge in [0.05, 0.1) is 13.2 Å². The molecule has 1 unspecified atom stereocenters. The SMILES string of the molecule is CC[C@H](CO)NC1CCCOc2cc(Br)ccc21. The first-order valence-electron chi connectivity index (χ1n) is 6.53. The minimum atomic E-state index is 0.157. The minimum Gasteiger partial charge on any atom is -0.493 e. The summed E-state index contributed by atoms with van der Waals surface area (Å²) in [5, 5.41) is 12.8. The van der Waals surface area contributed by atoms with Crippen LogP contribution in [0.5, 0.6) is 5.75 Å². The van der Waals surface area contributed by atoms with E-state index in [9.17, 15) is 5.11 Å². The number of hydrogen-bond acceptors (Lipinski definition) is 3. The summed E-state index contributed by atoms with van der Waals surface area (Å²) in [7, 11) is 0. The van der Waals surface area contributed by atoms with Crippen LogP contribution in [-0.2, 0) is 0 Å². The molecule has 0 radical (unpaired) electrons. The second-order valence-corrected chi connectivity index (χ2v) is 5.60. The van der Waals surface area contributed by atoms with Gasteiger partial charge in [-0.1, -0.05) is 28.9 Å². The highest BCUT2D eigenvalue weighted by atomic mass is 79.9. The number of aliphatic hydroxyl groups excluding tert-OH is 1. The molecule has 2 N–H and O–H groups in total. The molecule has 3 nitrogen and oxygen atoms in total. The van der Waals surface area contributed by atoms with Gasteiger partial charge in [0, 0.05) is 22.1 Å². The van der Waals surface area contributed by atoms with Crippen molar-refractivity contribution in [2.24, 2.45) is 0 Å².